The van der Waals surface area contributed by atoms with Crippen molar-refractivity contribution < 1.29 is 4.74 Å². The van der Waals surface area contributed by atoms with Gasteiger partial charge in [-0.1, -0.05) is 0 Å². The molecule has 1 aromatic rings. The zero-order valence-electron chi connectivity index (χ0n) is 8.00. The van der Waals surface area contributed by atoms with Gasteiger partial charge in [-0.2, -0.15) is 0 Å². The quantitative estimate of drug-likeness (QED) is 0.658. The van der Waals surface area contributed by atoms with E-state index in [1.165, 1.54) is 11.3 Å². The minimum atomic E-state index is 0.718. The van der Waals surface area contributed by atoms with Crippen molar-refractivity contribution in [3.63, 3.8) is 0 Å². The fourth-order valence-electron chi connectivity index (χ4n) is 1.77. The van der Waals surface area contributed by atoms with Crippen molar-refractivity contribution in [3.8, 4) is 5.75 Å². The number of hydrogen-bond donors (Lipinski definition) is 1. The Hall–Kier alpha value is -1.38. The lowest BCUT2D eigenvalue weighted by Gasteiger charge is -2.13. The van der Waals surface area contributed by atoms with Crippen molar-refractivity contribution >= 4 is 11.4 Å². The lowest BCUT2D eigenvalue weighted by Crippen LogP contribution is -2.12. The molecule has 1 aromatic carbocycles. The molecule has 1 heterocycles. The van der Waals surface area contributed by atoms with Crippen LogP contribution in [0.1, 0.15) is 5.56 Å². The molecule has 1 aliphatic heterocycles. The van der Waals surface area contributed by atoms with E-state index in [0.717, 1.165) is 24.4 Å². The monoisotopic (exact) mass is 178 g/mol. The van der Waals surface area contributed by atoms with Gasteiger partial charge in [0.1, 0.15) is 5.75 Å². The van der Waals surface area contributed by atoms with E-state index in [-0.39, 0.29) is 0 Å². The fraction of sp³-hybridized carbons (Fsp3) is 0.400. The fourth-order valence-corrected chi connectivity index (χ4v) is 1.77. The molecule has 13 heavy (non-hydrogen) atoms. The maximum absolute atomic E-state index is 5.81. The number of hydrogen-bond acceptors (Lipinski definition) is 3. The van der Waals surface area contributed by atoms with E-state index < -0.39 is 0 Å². The number of rotatable bonds is 1. The highest BCUT2D eigenvalue weighted by atomic mass is 16.5. The first-order valence-corrected chi connectivity index (χ1v) is 4.40. The van der Waals surface area contributed by atoms with Crippen LogP contribution in [0.4, 0.5) is 11.4 Å². The van der Waals surface area contributed by atoms with Gasteiger partial charge in [0.15, 0.2) is 0 Å². The molecule has 2 rings (SSSR count). The molecule has 0 unspecified atom stereocenters. The Balaban J connectivity index is 2.50. The van der Waals surface area contributed by atoms with Crippen LogP contribution in [0, 0.1) is 0 Å². The number of benzene rings is 1. The van der Waals surface area contributed by atoms with Gasteiger partial charge < -0.3 is 15.4 Å². The molecule has 0 spiro atoms. The summed E-state index contributed by atoms with van der Waals surface area (Å²) in [4.78, 5) is 2.21. The molecule has 0 atom stereocenters. The minimum absolute atomic E-state index is 0.718. The van der Waals surface area contributed by atoms with Crippen LogP contribution < -0.4 is 15.4 Å². The number of likely N-dealkylation sites (N-methyl/N-ethyl adjacent to an activating group) is 1. The number of ether oxygens (including phenoxy) is 1. The Morgan fingerprint density at radius 1 is 1.46 bits per heavy atom. The summed E-state index contributed by atoms with van der Waals surface area (Å²) in [6.07, 6.45) is 1.09. The molecule has 3 heteroatoms. The van der Waals surface area contributed by atoms with Crippen molar-refractivity contribution in [3.05, 3.63) is 17.7 Å². The topological polar surface area (TPSA) is 38.5 Å². The molecule has 0 aliphatic carbocycles. The molecular weight excluding hydrogens is 164 g/mol. The van der Waals surface area contributed by atoms with Crippen molar-refractivity contribution in [2.24, 2.45) is 0 Å². The molecule has 0 bridgehead atoms. The standard InChI is InChI=1S/C10H14N2O/c1-12-4-3-7-5-10(13-2)8(11)6-9(7)12/h5-6H,3-4,11H2,1-2H3. The van der Waals surface area contributed by atoms with Crippen LogP contribution in [0.2, 0.25) is 0 Å². The van der Waals surface area contributed by atoms with Gasteiger partial charge in [0.05, 0.1) is 12.8 Å². The predicted octanol–water partition coefficient (Wildman–Crippen LogP) is 1.27. The number of nitrogens with zero attached hydrogens (tertiary/aromatic N) is 1. The zero-order chi connectivity index (χ0) is 9.42. The summed E-state index contributed by atoms with van der Waals surface area (Å²) in [5, 5.41) is 0. The first-order valence-electron chi connectivity index (χ1n) is 4.40. The number of fused-ring (bicyclic) bond motifs is 1. The first-order chi connectivity index (χ1) is 6.22. The van der Waals surface area contributed by atoms with Crippen LogP contribution in [0.3, 0.4) is 0 Å². The van der Waals surface area contributed by atoms with Crippen LogP contribution in [0.15, 0.2) is 12.1 Å². The van der Waals surface area contributed by atoms with Gasteiger partial charge in [-0.15, -0.1) is 0 Å². The van der Waals surface area contributed by atoms with Gasteiger partial charge in [0.25, 0.3) is 0 Å². The molecular formula is C10H14N2O. The highest BCUT2D eigenvalue weighted by Crippen LogP contribution is 2.34. The predicted molar refractivity (Wildman–Crippen MR) is 54.4 cm³/mol. The van der Waals surface area contributed by atoms with Crippen molar-refractivity contribution in [2.75, 3.05) is 31.3 Å². The number of anilines is 2. The minimum Gasteiger partial charge on any atom is -0.495 e. The number of nitrogens with two attached hydrogens (primary N) is 1. The summed E-state index contributed by atoms with van der Waals surface area (Å²) in [5.41, 5.74) is 9.09. The Kier molecular flexibility index (Phi) is 1.79. The van der Waals surface area contributed by atoms with Gasteiger partial charge in [-0.3, -0.25) is 0 Å². The Labute approximate surface area is 78.1 Å². The van der Waals surface area contributed by atoms with Crippen LogP contribution in [-0.4, -0.2) is 20.7 Å². The summed E-state index contributed by atoms with van der Waals surface area (Å²) in [7, 11) is 3.73. The molecule has 3 nitrogen and oxygen atoms in total. The van der Waals surface area contributed by atoms with Crippen LogP contribution in [0.5, 0.6) is 5.75 Å². The second-order valence-corrected chi connectivity index (χ2v) is 3.39. The van der Waals surface area contributed by atoms with E-state index >= 15 is 0 Å². The molecule has 0 saturated heterocycles. The Bertz CT molecular complexity index is 336. The lowest BCUT2D eigenvalue weighted by atomic mass is 10.1. The summed E-state index contributed by atoms with van der Waals surface area (Å²) < 4.78 is 5.16. The van der Waals surface area contributed by atoms with Gasteiger partial charge in [-0.25, -0.2) is 0 Å². The summed E-state index contributed by atoms with van der Waals surface area (Å²) in [5.74, 6) is 0.786. The number of nitrogen functional groups attached to an aromatic ring is 1. The van der Waals surface area contributed by atoms with Crippen molar-refractivity contribution in [2.45, 2.75) is 6.42 Å². The van der Waals surface area contributed by atoms with Crippen LogP contribution in [0.25, 0.3) is 0 Å². The zero-order valence-corrected chi connectivity index (χ0v) is 8.00. The van der Waals surface area contributed by atoms with E-state index in [9.17, 15) is 0 Å². The maximum atomic E-state index is 5.81. The van der Waals surface area contributed by atoms with E-state index in [2.05, 4.69) is 11.9 Å². The summed E-state index contributed by atoms with van der Waals surface area (Å²) in [6.45, 7) is 1.07. The third-order valence-corrected chi connectivity index (χ3v) is 2.56. The SMILES string of the molecule is COc1cc2c(cc1N)N(C)CC2. The second kappa shape index (κ2) is 2.83. The normalized spacial score (nSPS) is 14.5. The molecule has 1 aliphatic rings. The lowest BCUT2D eigenvalue weighted by molar-refractivity contribution is 0.416. The molecule has 2 N–H and O–H groups in total. The average molecular weight is 178 g/mol. The first kappa shape index (κ1) is 8.23. The van der Waals surface area contributed by atoms with E-state index in [4.69, 9.17) is 10.5 Å². The third-order valence-electron chi connectivity index (χ3n) is 2.56. The molecule has 70 valence electrons. The maximum Gasteiger partial charge on any atom is 0.142 e. The average Bonchev–Trinajstić information content (AvgIpc) is 2.47. The third kappa shape index (κ3) is 1.20. The highest BCUT2D eigenvalue weighted by Gasteiger charge is 2.17. The summed E-state index contributed by atoms with van der Waals surface area (Å²) >= 11 is 0. The summed E-state index contributed by atoms with van der Waals surface area (Å²) in [6, 6.07) is 4.02. The second-order valence-electron chi connectivity index (χ2n) is 3.39. The Morgan fingerprint density at radius 2 is 2.23 bits per heavy atom. The highest BCUT2D eigenvalue weighted by molar-refractivity contribution is 5.69. The molecule has 0 saturated carbocycles. The van der Waals surface area contributed by atoms with Gasteiger partial charge in [-0.05, 0) is 24.1 Å². The van der Waals surface area contributed by atoms with E-state index in [1.807, 2.05) is 12.1 Å². The molecule has 0 amide bonds. The number of methoxy groups -OCH3 is 1. The molecule has 0 fully saturated rings. The van der Waals surface area contributed by atoms with Crippen LogP contribution >= 0.6 is 0 Å². The largest absolute Gasteiger partial charge is 0.495 e. The Morgan fingerprint density at radius 3 is 2.92 bits per heavy atom. The van der Waals surface area contributed by atoms with Crippen molar-refractivity contribution in [1.29, 1.82) is 0 Å². The molecule has 0 radical (unpaired) electrons. The molecule has 0 aromatic heterocycles. The van der Waals surface area contributed by atoms with Crippen molar-refractivity contribution in [1.82, 2.24) is 0 Å². The van der Waals surface area contributed by atoms with Crippen LogP contribution in [-0.2, 0) is 6.42 Å². The van der Waals surface area contributed by atoms with Gasteiger partial charge in [0.2, 0.25) is 0 Å². The smallest absolute Gasteiger partial charge is 0.142 e. The van der Waals surface area contributed by atoms with Gasteiger partial charge >= 0.3 is 0 Å². The van der Waals surface area contributed by atoms with E-state index in [0.29, 0.717) is 0 Å². The van der Waals surface area contributed by atoms with E-state index in [1.54, 1.807) is 7.11 Å². The van der Waals surface area contributed by atoms with Gasteiger partial charge in [0, 0.05) is 19.3 Å².